The van der Waals surface area contributed by atoms with Gasteiger partial charge in [0.1, 0.15) is 18.1 Å². The number of hydrogen-bond acceptors (Lipinski definition) is 4. The summed E-state index contributed by atoms with van der Waals surface area (Å²) in [5, 5.41) is 4.06. The molecule has 0 spiro atoms. The molecule has 0 aliphatic carbocycles. The summed E-state index contributed by atoms with van der Waals surface area (Å²) >= 11 is 0. The van der Waals surface area contributed by atoms with Gasteiger partial charge in [0.05, 0.1) is 0 Å². The van der Waals surface area contributed by atoms with Crippen molar-refractivity contribution in [2.24, 2.45) is 5.41 Å². The topological polar surface area (TPSA) is 68.1 Å². The van der Waals surface area contributed by atoms with Crippen LogP contribution in [0.25, 0.3) is 0 Å². The maximum absolute atomic E-state index is 12.8. The highest BCUT2D eigenvalue weighted by Gasteiger charge is 2.55. The van der Waals surface area contributed by atoms with Gasteiger partial charge >= 0.3 is 0 Å². The summed E-state index contributed by atoms with van der Waals surface area (Å²) in [4.78, 5) is 31.0. The third-order valence-electron chi connectivity index (χ3n) is 4.15. The van der Waals surface area contributed by atoms with E-state index >= 15 is 0 Å². The van der Waals surface area contributed by atoms with Crippen molar-refractivity contribution < 1.29 is 9.59 Å². The second kappa shape index (κ2) is 4.76. The highest BCUT2D eigenvalue weighted by molar-refractivity contribution is 6.21. The number of carbonyl (C=O) groups is 2. The van der Waals surface area contributed by atoms with Gasteiger partial charge in [-0.3, -0.25) is 14.5 Å². The second-order valence-electron chi connectivity index (χ2n) is 6.20. The molecule has 22 heavy (non-hydrogen) atoms. The van der Waals surface area contributed by atoms with E-state index in [1.54, 1.807) is 13.8 Å². The molecule has 1 amide bonds. The molecule has 0 bridgehead atoms. The Morgan fingerprint density at radius 2 is 1.91 bits per heavy atom. The van der Waals surface area contributed by atoms with E-state index in [1.807, 2.05) is 32.0 Å². The molecule has 1 aliphatic heterocycles. The van der Waals surface area contributed by atoms with Crippen LogP contribution in [0.15, 0.2) is 30.9 Å². The molecule has 114 valence electrons. The van der Waals surface area contributed by atoms with E-state index in [4.69, 9.17) is 0 Å². The Balaban J connectivity index is 2.18. The fourth-order valence-electron chi connectivity index (χ4n) is 2.86. The van der Waals surface area contributed by atoms with Crippen LogP contribution < -0.4 is 4.90 Å². The second-order valence-corrected chi connectivity index (χ2v) is 6.20. The fourth-order valence-corrected chi connectivity index (χ4v) is 2.86. The van der Waals surface area contributed by atoms with E-state index in [-0.39, 0.29) is 11.7 Å². The Bertz CT molecular complexity index is 750. The summed E-state index contributed by atoms with van der Waals surface area (Å²) in [6, 6.07) is 5.81. The lowest BCUT2D eigenvalue weighted by atomic mass is 9.90. The fraction of sp³-hybridized carbons (Fsp3) is 0.375. The maximum Gasteiger partial charge on any atom is 0.242 e. The van der Waals surface area contributed by atoms with E-state index in [9.17, 15) is 9.59 Å². The Hall–Kier alpha value is -2.50. The van der Waals surface area contributed by atoms with Crippen molar-refractivity contribution in [3.8, 4) is 0 Å². The van der Waals surface area contributed by atoms with Gasteiger partial charge in [-0.15, -0.1) is 0 Å². The van der Waals surface area contributed by atoms with Gasteiger partial charge in [-0.1, -0.05) is 17.7 Å². The predicted octanol–water partition coefficient (Wildman–Crippen LogP) is 2.04. The van der Waals surface area contributed by atoms with Gasteiger partial charge in [0.15, 0.2) is 11.9 Å². The molecule has 1 saturated heterocycles. The van der Waals surface area contributed by atoms with Crippen LogP contribution in [0.5, 0.6) is 0 Å². The van der Waals surface area contributed by atoms with E-state index in [0.29, 0.717) is 0 Å². The molecule has 1 fully saturated rings. The molecule has 1 aromatic heterocycles. The summed E-state index contributed by atoms with van der Waals surface area (Å²) in [7, 11) is 0. The highest BCUT2D eigenvalue weighted by atomic mass is 16.2. The molecule has 6 heteroatoms. The number of anilines is 1. The number of carbonyl (C=O) groups excluding carboxylic acids is 2. The Labute approximate surface area is 128 Å². The summed E-state index contributed by atoms with van der Waals surface area (Å²) in [6.07, 6.45) is 2.04. The van der Waals surface area contributed by atoms with Crippen LogP contribution in [0.3, 0.4) is 0 Å². The summed E-state index contributed by atoms with van der Waals surface area (Å²) < 4.78 is 1.44. The molecule has 2 aromatic rings. The lowest BCUT2D eigenvalue weighted by Gasteiger charge is -2.25. The molecule has 1 aliphatic rings. The van der Waals surface area contributed by atoms with Gasteiger partial charge in [-0.2, -0.15) is 5.10 Å². The minimum atomic E-state index is -1.08. The number of aromatic nitrogens is 3. The smallest absolute Gasteiger partial charge is 0.242 e. The molecule has 2 heterocycles. The number of aryl methyl sites for hydroxylation is 2. The van der Waals surface area contributed by atoms with Crippen molar-refractivity contribution in [3.63, 3.8) is 0 Å². The molecule has 0 saturated carbocycles. The van der Waals surface area contributed by atoms with Crippen LogP contribution in [0.1, 0.15) is 31.1 Å². The first-order chi connectivity index (χ1) is 10.3. The first-order valence-corrected chi connectivity index (χ1v) is 7.13. The van der Waals surface area contributed by atoms with Gasteiger partial charge in [0, 0.05) is 5.69 Å². The third-order valence-corrected chi connectivity index (χ3v) is 4.15. The van der Waals surface area contributed by atoms with Crippen LogP contribution in [0.4, 0.5) is 5.69 Å². The van der Waals surface area contributed by atoms with Gasteiger partial charge in [0.2, 0.25) is 5.91 Å². The van der Waals surface area contributed by atoms with E-state index in [2.05, 4.69) is 10.1 Å². The number of amides is 1. The number of ketones is 1. The zero-order valence-corrected chi connectivity index (χ0v) is 13.1. The van der Waals surface area contributed by atoms with Crippen molar-refractivity contribution >= 4 is 17.4 Å². The molecule has 0 radical (unpaired) electrons. The van der Waals surface area contributed by atoms with Crippen LogP contribution in [-0.4, -0.2) is 26.5 Å². The van der Waals surface area contributed by atoms with E-state index in [0.717, 1.165) is 16.8 Å². The van der Waals surface area contributed by atoms with Crippen molar-refractivity contribution in [1.29, 1.82) is 0 Å². The average molecular weight is 298 g/mol. The summed E-state index contributed by atoms with van der Waals surface area (Å²) in [5.41, 5.74) is 1.71. The van der Waals surface area contributed by atoms with Gasteiger partial charge in [-0.25, -0.2) is 9.67 Å². The number of rotatable bonds is 2. The Morgan fingerprint density at radius 3 is 2.50 bits per heavy atom. The third kappa shape index (κ3) is 1.94. The maximum atomic E-state index is 12.8. The van der Waals surface area contributed by atoms with Crippen molar-refractivity contribution in [1.82, 2.24) is 14.8 Å². The predicted molar refractivity (Wildman–Crippen MR) is 81.2 cm³/mol. The average Bonchev–Trinajstić information content (AvgIpc) is 3.02. The monoisotopic (exact) mass is 298 g/mol. The first kappa shape index (κ1) is 14.4. The quantitative estimate of drug-likeness (QED) is 0.796. The lowest BCUT2D eigenvalue weighted by Crippen LogP contribution is -2.34. The van der Waals surface area contributed by atoms with Crippen LogP contribution in [0.2, 0.25) is 0 Å². The SMILES string of the molecule is Cc1ccc(N2C(=O)C(C)(C)C(=O)C2n2cncn2)c(C)c1. The van der Waals surface area contributed by atoms with Crippen LogP contribution in [-0.2, 0) is 9.59 Å². The summed E-state index contributed by atoms with van der Waals surface area (Å²) in [6.45, 7) is 7.24. The van der Waals surface area contributed by atoms with E-state index < -0.39 is 11.6 Å². The molecule has 3 rings (SSSR count). The molecule has 6 nitrogen and oxygen atoms in total. The molecular formula is C16H18N4O2. The van der Waals surface area contributed by atoms with Gasteiger partial charge in [-0.05, 0) is 39.3 Å². The molecular weight excluding hydrogens is 280 g/mol. The van der Waals surface area contributed by atoms with Gasteiger partial charge in [0.25, 0.3) is 0 Å². The zero-order chi connectivity index (χ0) is 16.1. The van der Waals surface area contributed by atoms with Crippen molar-refractivity contribution in [2.75, 3.05) is 4.90 Å². The molecule has 1 aromatic carbocycles. The summed E-state index contributed by atoms with van der Waals surface area (Å²) in [5.74, 6) is -0.395. The van der Waals surface area contributed by atoms with Gasteiger partial charge < -0.3 is 0 Å². The zero-order valence-electron chi connectivity index (χ0n) is 13.1. The van der Waals surface area contributed by atoms with Crippen LogP contribution in [0, 0.1) is 19.3 Å². The number of benzene rings is 1. The molecule has 1 atom stereocenters. The normalized spacial score (nSPS) is 20.7. The van der Waals surface area contributed by atoms with Crippen molar-refractivity contribution in [3.05, 3.63) is 42.0 Å². The minimum Gasteiger partial charge on any atom is -0.294 e. The Morgan fingerprint density at radius 1 is 1.18 bits per heavy atom. The first-order valence-electron chi connectivity index (χ1n) is 7.13. The van der Waals surface area contributed by atoms with E-state index in [1.165, 1.54) is 22.2 Å². The standard InChI is InChI=1S/C16H18N4O2/c1-10-5-6-12(11(2)7-10)20-14(19-9-17-8-18-19)13(21)16(3,4)15(20)22/h5-9,14H,1-4H3. The number of hydrogen-bond donors (Lipinski definition) is 0. The molecule has 1 unspecified atom stereocenters. The van der Waals surface area contributed by atoms with Crippen molar-refractivity contribution in [2.45, 2.75) is 33.9 Å². The van der Waals surface area contributed by atoms with Crippen LogP contribution >= 0.6 is 0 Å². The highest BCUT2D eigenvalue weighted by Crippen LogP contribution is 2.41. The largest absolute Gasteiger partial charge is 0.294 e. The Kier molecular flexibility index (Phi) is 3.12. The number of Topliss-reactive ketones (excluding diaryl/α,β-unsaturated/α-hetero) is 1. The number of nitrogens with zero attached hydrogens (tertiary/aromatic N) is 4. The molecule has 0 N–H and O–H groups in total. The lowest BCUT2D eigenvalue weighted by molar-refractivity contribution is -0.133. The minimum absolute atomic E-state index is 0.178.